The minimum Gasteiger partial charge on any atom is -0.387 e. The molecule has 0 saturated carbocycles. The number of hydrogen-bond donors (Lipinski definition) is 1. The number of aliphatic imine (C=N–C) groups is 1. The maximum Gasteiger partial charge on any atom is 0.0940 e. The Bertz CT molecular complexity index is 125. The molecule has 0 aliphatic rings. The summed E-state index contributed by atoms with van der Waals surface area (Å²) in [6, 6.07) is 0. The summed E-state index contributed by atoms with van der Waals surface area (Å²) in [7, 11) is 0. The van der Waals surface area contributed by atoms with Crippen LogP contribution in [0.5, 0.6) is 0 Å². The fourth-order valence-corrected chi connectivity index (χ4v) is 0.547. The molecule has 0 fully saturated rings. The second-order valence-electron chi connectivity index (χ2n) is 3.12. The molecule has 0 aliphatic heterocycles. The van der Waals surface area contributed by atoms with Gasteiger partial charge in [0.2, 0.25) is 0 Å². The number of nitrogens with zero attached hydrogens (tertiary/aromatic N) is 1. The van der Waals surface area contributed by atoms with Crippen LogP contribution < -0.4 is 5.73 Å². The third-order valence-electron chi connectivity index (χ3n) is 1.67. The highest BCUT2D eigenvalue weighted by atomic mass is 14.9. The molecule has 0 atom stereocenters. The van der Waals surface area contributed by atoms with E-state index in [2.05, 4.69) is 25.8 Å². The lowest BCUT2D eigenvalue weighted by atomic mass is 10.0. The van der Waals surface area contributed by atoms with Gasteiger partial charge in [-0.1, -0.05) is 13.8 Å². The molecule has 0 aromatic heterocycles. The number of hydrogen-bond acceptors (Lipinski definition) is 1. The van der Waals surface area contributed by atoms with Crippen molar-refractivity contribution < 1.29 is 0 Å². The van der Waals surface area contributed by atoms with Crippen molar-refractivity contribution in [1.82, 2.24) is 0 Å². The van der Waals surface area contributed by atoms with E-state index in [9.17, 15) is 0 Å². The maximum absolute atomic E-state index is 5.58. The minimum atomic E-state index is 0.0279. The molecule has 0 spiro atoms. The third-order valence-corrected chi connectivity index (χ3v) is 1.67. The Morgan fingerprint density at radius 3 is 2.20 bits per heavy atom. The molecular weight excluding hydrogens is 124 g/mol. The zero-order valence-electron chi connectivity index (χ0n) is 7.44. The van der Waals surface area contributed by atoms with Crippen molar-refractivity contribution in [3.05, 3.63) is 0 Å². The number of rotatable bonds is 3. The summed E-state index contributed by atoms with van der Waals surface area (Å²) in [6.07, 6.45) is 1.89. The molecule has 0 saturated heterocycles. The predicted molar refractivity (Wildman–Crippen MR) is 46.3 cm³/mol. The largest absolute Gasteiger partial charge is 0.387 e. The van der Waals surface area contributed by atoms with Crippen molar-refractivity contribution in [2.45, 2.75) is 46.1 Å². The molecule has 0 heterocycles. The Morgan fingerprint density at radius 1 is 1.40 bits per heavy atom. The topological polar surface area (TPSA) is 38.4 Å². The first-order chi connectivity index (χ1) is 4.52. The fraction of sp³-hybridized carbons (Fsp3) is 0.875. The molecule has 0 aromatic carbocycles. The smallest absolute Gasteiger partial charge is 0.0940 e. The maximum atomic E-state index is 5.58. The van der Waals surface area contributed by atoms with Gasteiger partial charge in [-0.05, 0) is 20.3 Å². The monoisotopic (exact) mass is 142 g/mol. The second-order valence-corrected chi connectivity index (χ2v) is 3.12. The minimum absolute atomic E-state index is 0.0279. The summed E-state index contributed by atoms with van der Waals surface area (Å²) in [6.45, 7) is 8.32. The van der Waals surface area contributed by atoms with E-state index in [0.717, 1.165) is 18.7 Å². The fourth-order valence-electron chi connectivity index (χ4n) is 0.547. The van der Waals surface area contributed by atoms with E-state index in [4.69, 9.17) is 5.73 Å². The van der Waals surface area contributed by atoms with Gasteiger partial charge in [-0.2, -0.15) is 0 Å². The van der Waals surface area contributed by atoms with Crippen LogP contribution in [0.15, 0.2) is 4.99 Å². The van der Waals surface area contributed by atoms with Crippen LogP contribution in [0.4, 0.5) is 0 Å². The van der Waals surface area contributed by atoms with Gasteiger partial charge in [0.1, 0.15) is 0 Å². The van der Waals surface area contributed by atoms with E-state index in [1.807, 2.05) is 6.92 Å². The van der Waals surface area contributed by atoms with Gasteiger partial charge in [0.25, 0.3) is 0 Å². The Hall–Kier alpha value is -0.530. The van der Waals surface area contributed by atoms with Gasteiger partial charge in [0, 0.05) is 6.42 Å². The van der Waals surface area contributed by atoms with E-state index in [-0.39, 0.29) is 5.54 Å². The zero-order valence-corrected chi connectivity index (χ0v) is 7.44. The quantitative estimate of drug-likeness (QED) is 0.474. The average molecular weight is 142 g/mol. The van der Waals surface area contributed by atoms with Gasteiger partial charge in [-0.3, -0.25) is 4.99 Å². The molecular formula is C8H18N2. The predicted octanol–water partition coefficient (Wildman–Crippen LogP) is 1.94. The first-order valence-electron chi connectivity index (χ1n) is 3.86. The van der Waals surface area contributed by atoms with Crippen molar-refractivity contribution >= 4 is 5.84 Å². The van der Waals surface area contributed by atoms with Gasteiger partial charge in [0.05, 0.1) is 11.4 Å². The molecule has 2 heteroatoms. The Kier molecular flexibility index (Phi) is 3.40. The second kappa shape index (κ2) is 3.59. The highest BCUT2D eigenvalue weighted by Crippen LogP contribution is 2.12. The van der Waals surface area contributed by atoms with Crippen LogP contribution in [-0.2, 0) is 0 Å². The van der Waals surface area contributed by atoms with E-state index >= 15 is 0 Å². The highest BCUT2D eigenvalue weighted by molar-refractivity contribution is 5.80. The number of amidine groups is 1. The van der Waals surface area contributed by atoms with Crippen molar-refractivity contribution in [1.29, 1.82) is 0 Å². The van der Waals surface area contributed by atoms with Crippen molar-refractivity contribution in [3.63, 3.8) is 0 Å². The van der Waals surface area contributed by atoms with Gasteiger partial charge < -0.3 is 5.73 Å². The normalized spacial score (nSPS) is 13.8. The van der Waals surface area contributed by atoms with Crippen LogP contribution in [-0.4, -0.2) is 11.4 Å². The molecule has 2 nitrogen and oxygen atoms in total. The van der Waals surface area contributed by atoms with E-state index in [1.54, 1.807) is 0 Å². The molecule has 0 aliphatic carbocycles. The van der Waals surface area contributed by atoms with Crippen LogP contribution in [0, 0.1) is 0 Å². The van der Waals surface area contributed by atoms with E-state index < -0.39 is 0 Å². The first kappa shape index (κ1) is 9.47. The molecule has 60 valence electrons. The summed E-state index contributed by atoms with van der Waals surface area (Å²) in [5, 5.41) is 0. The molecule has 0 unspecified atom stereocenters. The summed E-state index contributed by atoms with van der Waals surface area (Å²) in [5.41, 5.74) is 5.61. The van der Waals surface area contributed by atoms with Crippen molar-refractivity contribution in [3.8, 4) is 0 Å². The third kappa shape index (κ3) is 3.49. The summed E-state index contributed by atoms with van der Waals surface area (Å²) in [5.74, 6) is 0.756. The molecule has 0 amide bonds. The summed E-state index contributed by atoms with van der Waals surface area (Å²) in [4.78, 5) is 4.34. The van der Waals surface area contributed by atoms with Crippen LogP contribution in [0.1, 0.15) is 40.5 Å². The van der Waals surface area contributed by atoms with E-state index in [1.165, 1.54) is 0 Å². The Labute approximate surface area is 63.5 Å². The van der Waals surface area contributed by atoms with Gasteiger partial charge in [0.15, 0.2) is 0 Å². The van der Waals surface area contributed by atoms with Crippen molar-refractivity contribution in [2.75, 3.05) is 0 Å². The van der Waals surface area contributed by atoms with Crippen LogP contribution in [0.25, 0.3) is 0 Å². The lowest BCUT2D eigenvalue weighted by molar-refractivity contribution is 0.503. The number of nitrogens with two attached hydrogens (primary N) is 1. The lowest BCUT2D eigenvalue weighted by Crippen LogP contribution is -2.21. The Morgan fingerprint density at radius 2 is 1.90 bits per heavy atom. The molecule has 2 N–H and O–H groups in total. The van der Waals surface area contributed by atoms with E-state index in [0.29, 0.717) is 0 Å². The molecule has 0 rings (SSSR count). The van der Waals surface area contributed by atoms with Gasteiger partial charge in [-0.25, -0.2) is 0 Å². The zero-order chi connectivity index (χ0) is 8.20. The molecule has 0 radical (unpaired) electrons. The SMILES string of the molecule is CCC(N)=NC(C)(C)CC. The summed E-state index contributed by atoms with van der Waals surface area (Å²) < 4.78 is 0. The van der Waals surface area contributed by atoms with Crippen LogP contribution in [0.3, 0.4) is 0 Å². The molecule has 0 aromatic rings. The highest BCUT2D eigenvalue weighted by Gasteiger charge is 2.12. The van der Waals surface area contributed by atoms with Gasteiger partial charge in [-0.15, -0.1) is 0 Å². The first-order valence-corrected chi connectivity index (χ1v) is 3.86. The van der Waals surface area contributed by atoms with Crippen molar-refractivity contribution in [2.24, 2.45) is 10.7 Å². The average Bonchev–Trinajstić information content (AvgIpc) is 1.87. The molecule has 10 heavy (non-hydrogen) atoms. The summed E-state index contributed by atoms with van der Waals surface area (Å²) >= 11 is 0. The van der Waals surface area contributed by atoms with Gasteiger partial charge >= 0.3 is 0 Å². The van der Waals surface area contributed by atoms with Crippen LogP contribution in [0.2, 0.25) is 0 Å². The van der Waals surface area contributed by atoms with Crippen LogP contribution >= 0.6 is 0 Å². The standard InChI is InChI=1S/C8H18N2/c1-5-7(9)10-8(3,4)6-2/h5-6H2,1-4H3,(H2,9,10). The lowest BCUT2D eigenvalue weighted by Gasteiger charge is -2.17. The molecule has 0 bridgehead atoms. The Balaban J connectivity index is 4.09.